The van der Waals surface area contributed by atoms with Gasteiger partial charge in [0.25, 0.3) is 0 Å². The fourth-order valence-electron chi connectivity index (χ4n) is 1.18. The maximum atomic E-state index is 5.83. The van der Waals surface area contributed by atoms with Gasteiger partial charge in [0.05, 0.1) is 0 Å². The van der Waals surface area contributed by atoms with E-state index < -0.39 is 0 Å². The maximum absolute atomic E-state index is 5.83. The summed E-state index contributed by atoms with van der Waals surface area (Å²) in [4.78, 5) is 0. The molecule has 3 heteroatoms. The van der Waals surface area contributed by atoms with Crippen LogP contribution in [0.1, 0.15) is 12.5 Å². The van der Waals surface area contributed by atoms with Crippen LogP contribution in [0.3, 0.4) is 0 Å². The largest absolute Gasteiger partial charge is 0.492 e. The molecule has 0 radical (unpaired) electrons. The highest BCUT2D eigenvalue weighted by atomic mass is 35.5. The summed E-state index contributed by atoms with van der Waals surface area (Å²) >= 11 is 5.83. The van der Waals surface area contributed by atoms with Crippen LogP contribution in [-0.2, 0) is 0 Å². The van der Waals surface area contributed by atoms with Crippen molar-refractivity contribution in [3.63, 3.8) is 0 Å². The van der Waals surface area contributed by atoms with E-state index >= 15 is 0 Å². The molecule has 1 aromatic carbocycles. The van der Waals surface area contributed by atoms with E-state index in [0.717, 1.165) is 29.4 Å². The third-order valence-corrected chi connectivity index (χ3v) is 2.16. The molecule has 2 nitrogen and oxygen atoms in total. The molecule has 0 saturated heterocycles. The first-order valence-corrected chi connectivity index (χ1v) is 5.21. The molecule has 0 bridgehead atoms. The zero-order chi connectivity index (χ0) is 10.4. The second-order valence-electron chi connectivity index (χ2n) is 3.11. The van der Waals surface area contributed by atoms with Crippen molar-refractivity contribution in [1.29, 1.82) is 0 Å². The highest BCUT2D eigenvalue weighted by Crippen LogP contribution is 2.21. The fraction of sp³-hybridized carbons (Fsp3) is 0.455. The van der Waals surface area contributed by atoms with Crippen LogP contribution in [0, 0.1) is 6.92 Å². The predicted molar refractivity (Wildman–Crippen MR) is 60.2 cm³/mol. The molecule has 1 aromatic rings. The number of rotatable bonds is 5. The Kier molecular flexibility index (Phi) is 4.77. The number of hydrogen-bond donors (Lipinski definition) is 1. The predicted octanol–water partition coefficient (Wildman–Crippen LogP) is 2.64. The Morgan fingerprint density at radius 3 is 2.86 bits per heavy atom. The Balaban J connectivity index is 2.42. The van der Waals surface area contributed by atoms with Crippen LogP contribution in [0.5, 0.6) is 5.75 Å². The van der Waals surface area contributed by atoms with Crippen molar-refractivity contribution >= 4 is 11.6 Å². The van der Waals surface area contributed by atoms with Crippen molar-refractivity contribution < 1.29 is 4.74 Å². The van der Waals surface area contributed by atoms with Crippen LogP contribution in [0.2, 0.25) is 5.02 Å². The van der Waals surface area contributed by atoms with Crippen molar-refractivity contribution in [2.75, 3.05) is 19.7 Å². The summed E-state index contributed by atoms with van der Waals surface area (Å²) in [6, 6.07) is 5.66. The SMILES string of the molecule is CCNCCOc1ccc(Cl)cc1C. The van der Waals surface area contributed by atoms with Gasteiger partial charge in [-0.3, -0.25) is 0 Å². The zero-order valence-corrected chi connectivity index (χ0v) is 9.40. The summed E-state index contributed by atoms with van der Waals surface area (Å²) in [5.41, 5.74) is 1.08. The zero-order valence-electron chi connectivity index (χ0n) is 8.64. The van der Waals surface area contributed by atoms with E-state index in [1.54, 1.807) is 0 Å². The van der Waals surface area contributed by atoms with Crippen molar-refractivity contribution in [2.24, 2.45) is 0 Å². The number of ether oxygens (including phenoxy) is 1. The van der Waals surface area contributed by atoms with E-state index in [2.05, 4.69) is 12.2 Å². The molecule has 0 aliphatic rings. The molecule has 0 heterocycles. The van der Waals surface area contributed by atoms with Gasteiger partial charge in [-0.2, -0.15) is 0 Å². The molecule has 0 fully saturated rings. The second kappa shape index (κ2) is 5.89. The first-order chi connectivity index (χ1) is 6.74. The first-order valence-electron chi connectivity index (χ1n) is 4.83. The molecule has 1 rings (SSSR count). The number of benzene rings is 1. The van der Waals surface area contributed by atoms with E-state index in [1.165, 1.54) is 0 Å². The molecule has 78 valence electrons. The number of likely N-dealkylation sites (N-methyl/N-ethyl adjacent to an activating group) is 1. The lowest BCUT2D eigenvalue weighted by Crippen LogP contribution is -2.20. The van der Waals surface area contributed by atoms with Gasteiger partial charge in [-0.1, -0.05) is 18.5 Å². The minimum atomic E-state index is 0.691. The van der Waals surface area contributed by atoms with Gasteiger partial charge in [0.1, 0.15) is 12.4 Å². The van der Waals surface area contributed by atoms with Crippen LogP contribution >= 0.6 is 11.6 Å². The summed E-state index contributed by atoms with van der Waals surface area (Å²) in [5.74, 6) is 0.910. The molecule has 0 atom stereocenters. The molecule has 0 aliphatic heterocycles. The third kappa shape index (κ3) is 3.56. The van der Waals surface area contributed by atoms with Gasteiger partial charge < -0.3 is 10.1 Å². The summed E-state index contributed by atoms with van der Waals surface area (Å²) in [6.07, 6.45) is 0. The average Bonchev–Trinajstić information content (AvgIpc) is 2.15. The lowest BCUT2D eigenvalue weighted by Gasteiger charge is -2.09. The summed E-state index contributed by atoms with van der Waals surface area (Å²) < 4.78 is 5.57. The van der Waals surface area contributed by atoms with E-state index in [0.29, 0.717) is 6.61 Å². The molecular formula is C11H16ClNO. The summed E-state index contributed by atoms with van der Waals surface area (Å²) in [5, 5.41) is 3.95. The minimum absolute atomic E-state index is 0.691. The molecule has 14 heavy (non-hydrogen) atoms. The van der Waals surface area contributed by atoms with E-state index in [4.69, 9.17) is 16.3 Å². The van der Waals surface area contributed by atoms with Crippen molar-refractivity contribution in [1.82, 2.24) is 5.32 Å². The Bertz CT molecular complexity index is 289. The molecular weight excluding hydrogens is 198 g/mol. The molecule has 0 aromatic heterocycles. The quantitative estimate of drug-likeness (QED) is 0.760. The molecule has 1 N–H and O–H groups in total. The molecule has 0 spiro atoms. The smallest absolute Gasteiger partial charge is 0.122 e. The maximum Gasteiger partial charge on any atom is 0.122 e. The van der Waals surface area contributed by atoms with Crippen LogP contribution in [0.15, 0.2) is 18.2 Å². The van der Waals surface area contributed by atoms with Crippen molar-refractivity contribution in [2.45, 2.75) is 13.8 Å². The van der Waals surface area contributed by atoms with Crippen molar-refractivity contribution in [3.8, 4) is 5.75 Å². The highest BCUT2D eigenvalue weighted by molar-refractivity contribution is 6.30. The lowest BCUT2D eigenvalue weighted by atomic mass is 10.2. The van der Waals surface area contributed by atoms with Crippen LogP contribution in [0.4, 0.5) is 0 Å². The number of aryl methyl sites for hydroxylation is 1. The molecule has 0 amide bonds. The Morgan fingerprint density at radius 1 is 1.43 bits per heavy atom. The monoisotopic (exact) mass is 213 g/mol. The Hall–Kier alpha value is -0.730. The molecule has 0 unspecified atom stereocenters. The average molecular weight is 214 g/mol. The topological polar surface area (TPSA) is 21.3 Å². The summed E-state index contributed by atoms with van der Waals surface area (Å²) in [6.45, 7) is 6.61. The van der Waals surface area contributed by atoms with Gasteiger partial charge in [-0.05, 0) is 37.2 Å². The minimum Gasteiger partial charge on any atom is -0.492 e. The molecule has 0 aliphatic carbocycles. The van der Waals surface area contributed by atoms with Gasteiger partial charge >= 0.3 is 0 Å². The van der Waals surface area contributed by atoms with Crippen molar-refractivity contribution in [3.05, 3.63) is 28.8 Å². The van der Waals surface area contributed by atoms with Gasteiger partial charge in [0.2, 0.25) is 0 Å². The van der Waals surface area contributed by atoms with Crippen LogP contribution in [-0.4, -0.2) is 19.7 Å². The van der Waals surface area contributed by atoms with E-state index in [1.807, 2.05) is 25.1 Å². The van der Waals surface area contributed by atoms with Gasteiger partial charge in [0, 0.05) is 11.6 Å². The Morgan fingerprint density at radius 2 is 2.21 bits per heavy atom. The van der Waals surface area contributed by atoms with Crippen LogP contribution < -0.4 is 10.1 Å². The van der Waals surface area contributed by atoms with E-state index in [9.17, 15) is 0 Å². The number of halogens is 1. The Labute approximate surface area is 90.2 Å². The van der Waals surface area contributed by atoms with Crippen LogP contribution in [0.25, 0.3) is 0 Å². The first kappa shape index (κ1) is 11.3. The van der Waals surface area contributed by atoms with E-state index in [-0.39, 0.29) is 0 Å². The van der Waals surface area contributed by atoms with Gasteiger partial charge in [-0.15, -0.1) is 0 Å². The summed E-state index contributed by atoms with van der Waals surface area (Å²) in [7, 11) is 0. The highest BCUT2D eigenvalue weighted by Gasteiger charge is 1.99. The normalized spacial score (nSPS) is 10.2. The number of hydrogen-bond acceptors (Lipinski definition) is 2. The standard InChI is InChI=1S/C11H16ClNO/c1-3-13-6-7-14-11-5-4-10(12)8-9(11)2/h4-5,8,13H,3,6-7H2,1-2H3. The fourth-order valence-corrected chi connectivity index (χ4v) is 1.41. The molecule has 0 saturated carbocycles. The second-order valence-corrected chi connectivity index (χ2v) is 3.55. The lowest BCUT2D eigenvalue weighted by molar-refractivity contribution is 0.313. The number of nitrogens with one attached hydrogen (secondary N) is 1. The van der Waals surface area contributed by atoms with Gasteiger partial charge in [0.15, 0.2) is 0 Å². The van der Waals surface area contributed by atoms with Gasteiger partial charge in [-0.25, -0.2) is 0 Å². The third-order valence-electron chi connectivity index (χ3n) is 1.92.